The largest absolute Gasteiger partial charge is 0.355 e. The Labute approximate surface area is 173 Å². The molecule has 0 aromatic rings. The molecule has 10 heteroatoms. The van der Waals surface area contributed by atoms with E-state index in [0.717, 1.165) is 32.2 Å². The van der Waals surface area contributed by atoms with Gasteiger partial charge in [0.25, 0.3) is 0 Å². The summed E-state index contributed by atoms with van der Waals surface area (Å²) in [5.74, 6) is -1.90. The molecule has 0 fully saturated rings. The average molecular weight is 415 g/mol. The van der Waals surface area contributed by atoms with Gasteiger partial charge in [0.15, 0.2) is 0 Å². The Morgan fingerprint density at radius 3 is 2.10 bits per heavy atom. The van der Waals surface area contributed by atoms with E-state index in [9.17, 15) is 19.2 Å². The van der Waals surface area contributed by atoms with Crippen molar-refractivity contribution in [3.63, 3.8) is 0 Å². The molecule has 0 radical (unpaired) electrons. The summed E-state index contributed by atoms with van der Waals surface area (Å²) in [6.45, 7) is 4.80. The number of carbonyl (C=O) groups excluding carboxylic acids is 4. The first-order valence-corrected chi connectivity index (χ1v) is 10.2. The summed E-state index contributed by atoms with van der Waals surface area (Å²) in [7, 11) is 1.93. The van der Waals surface area contributed by atoms with Gasteiger partial charge in [-0.2, -0.15) is 0 Å². The van der Waals surface area contributed by atoms with E-state index in [4.69, 9.17) is 5.73 Å². The quantitative estimate of drug-likeness (QED) is 0.0909. The standard InChI is InChI=1S/C19H38N6O4/c1-14(2)10-15(19(29)16(26)12-23-17(27)11-20)25-24-13-18(28)22-9-7-5-4-6-8-21-3/h14-15,21,24-25H,4-13,20H2,1-3H3,(H,22,28)(H,23,27)/t15-/m0/s1. The average Bonchev–Trinajstić information content (AvgIpc) is 2.69. The predicted molar refractivity (Wildman–Crippen MR) is 112 cm³/mol. The number of rotatable bonds is 18. The number of nitrogens with one attached hydrogen (secondary N) is 5. The molecule has 2 amide bonds. The van der Waals surface area contributed by atoms with Gasteiger partial charge in [-0.1, -0.05) is 26.7 Å². The summed E-state index contributed by atoms with van der Waals surface area (Å²) in [6.07, 6.45) is 4.63. The maximum Gasteiger partial charge on any atom is 0.235 e. The molecule has 1 atom stereocenters. The van der Waals surface area contributed by atoms with Gasteiger partial charge in [0, 0.05) is 6.54 Å². The lowest BCUT2D eigenvalue weighted by Gasteiger charge is -2.19. The van der Waals surface area contributed by atoms with Crippen LogP contribution in [0.5, 0.6) is 0 Å². The molecule has 0 spiro atoms. The van der Waals surface area contributed by atoms with Gasteiger partial charge in [0.2, 0.25) is 23.4 Å². The van der Waals surface area contributed by atoms with Crippen LogP contribution in [-0.2, 0) is 19.2 Å². The Balaban J connectivity index is 4.21. The highest BCUT2D eigenvalue weighted by Gasteiger charge is 2.25. The Morgan fingerprint density at radius 2 is 1.52 bits per heavy atom. The molecule has 7 N–H and O–H groups in total. The lowest BCUT2D eigenvalue weighted by molar-refractivity contribution is -0.138. The number of hydrogen-bond donors (Lipinski definition) is 6. The first-order valence-electron chi connectivity index (χ1n) is 10.2. The monoisotopic (exact) mass is 414 g/mol. The molecular formula is C19H38N6O4. The van der Waals surface area contributed by atoms with Crippen molar-refractivity contribution in [2.75, 3.05) is 39.8 Å². The minimum Gasteiger partial charge on any atom is -0.355 e. The number of nitrogens with two attached hydrogens (primary N) is 1. The number of amides is 2. The third-order valence-corrected chi connectivity index (χ3v) is 4.13. The van der Waals surface area contributed by atoms with E-state index in [1.54, 1.807) is 0 Å². The second kappa shape index (κ2) is 17.0. The van der Waals surface area contributed by atoms with Crippen molar-refractivity contribution in [2.45, 2.75) is 52.0 Å². The van der Waals surface area contributed by atoms with E-state index in [1.165, 1.54) is 0 Å². The van der Waals surface area contributed by atoms with Gasteiger partial charge in [0.1, 0.15) is 0 Å². The summed E-state index contributed by atoms with van der Waals surface area (Å²) in [5.41, 5.74) is 10.6. The van der Waals surface area contributed by atoms with Crippen LogP contribution in [0.1, 0.15) is 46.0 Å². The van der Waals surface area contributed by atoms with Gasteiger partial charge >= 0.3 is 0 Å². The van der Waals surface area contributed by atoms with Crippen molar-refractivity contribution in [1.82, 2.24) is 26.8 Å². The highest BCUT2D eigenvalue weighted by molar-refractivity contribution is 6.40. The highest BCUT2D eigenvalue weighted by Crippen LogP contribution is 2.05. The second-order valence-electron chi connectivity index (χ2n) is 7.32. The molecule has 0 aliphatic carbocycles. The summed E-state index contributed by atoms with van der Waals surface area (Å²) in [5, 5.41) is 8.20. The van der Waals surface area contributed by atoms with E-state index >= 15 is 0 Å². The fraction of sp³-hybridized carbons (Fsp3) is 0.789. The van der Waals surface area contributed by atoms with Crippen molar-refractivity contribution >= 4 is 23.4 Å². The van der Waals surface area contributed by atoms with Gasteiger partial charge in [0.05, 0.1) is 25.7 Å². The van der Waals surface area contributed by atoms with Crippen LogP contribution in [0, 0.1) is 5.92 Å². The van der Waals surface area contributed by atoms with Crippen molar-refractivity contribution in [3.8, 4) is 0 Å². The van der Waals surface area contributed by atoms with Gasteiger partial charge in [-0.3, -0.25) is 19.2 Å². The molecular weight excluding hydrogens is 376 g/mol. The number of ketones is 2. The molecule has 0 saturated heterocycles. The summed E-state index contributed by atoms with van der Waals surface area (Å²) >= 11 is 0. The fourth-order valence-corrected chi connectivity index (χ4v) is 2.56. The third kappa shape index (κ3) is 14.7. The van der Waals surface area contributed by atoms with Crippen molar-refractivity contribution in [2.24, 2.45) is 11.7 Å². The lowest BCUT2D eigenvalue weighted by Crippen LogP contribution is -2.52. The molecule has 0 aromatic carbocycles. The van der Waals surface area contributed by atoms with E-state index < -0.39 is 23.5 Å². The zero-order valence-electron chi connectivity index (χ0n) is 17.9. The number of carbonyl (C=O) groups is 4. The van der Waals surface area contributed by atoms with Gasteiger partial charge in [-0.05, 0) is 38.8 Å². The van der Waals surface area contributed by atoms with Crippen LogP contribution < -0.4 is 32.5 Å². The molecule has 168 valence electrons. The van der Waals surface area contributed by atoms with E-state index in [1.807, 2.05) is 20.9 Å². The zero-order valence-corrected chi connectivity index (χ0v) is 17.9. The van der Waals surface area contributed by atoms with Crippen LogP contribution in [0.15, 0.2) is 0 Å². The molecule has 0 unspecified atom stereocenters. The topological polar surface area (TPSA) is 154 Å². The van der Waals surface area contributed by atoms with E-state index in [2.05, 4.69) is 26.8 Å². The molecule has 0 bridgehead atoms. The van der Waals surface area contributed by atoms with Crippen LogP contribution in [0.4, 0.5) is 0 Å². The van der Waals surface area contributed by atoms with Gasteiger partial charge in [-0.25, -0.2) is 10.9 Å². The third-order valence-electron chi connectivity index (χ3n) is 4.13. The molecule has 0 aliphatic heterocycles. The minimum absolute atomic E-state index is 0.0142. The molecule has 0 saturated carbocycles. The fourth-order valence-electron chi connectivity index (χ4n) is 2.56. The molecule has 0 heterocycles. The first-order chi connectivity index (χ1) is 13.8. The Morgan fingerprint density at radius 1 is 0.862 bits per heavy atom. The van der Waals surface area contributed by atoms with Gasteiger partial charge in [-0.15, -0.1) is 0 Å². The van der Waals surface area contributed by atoms with Crippen LogP contribution in [0.3, 0.4) is 0 Å². The molecule has 29 heavy (non-hydrogen) atoms. The maximum absolute atomic E-state index is 12.3. The molecule has 0 aromatic heterocycles. The number of unbranched alkanes of at least 4 members (excludes halogenated alkanes) is 3. The van der Waals surface area contributed by atoms with Crippen molar-refractivity contribution in [1.29, 1.82) is 0 Å². The van der Waals surface area contributed by atoms with Crippen LogP contribution in [0.2, 0.25) is 0 Å². The van der Waals surface area contributed by atoms with Crippen molar-refractivity contribution in [3.05, 3.63) is 0 Å². The SMILES string of the molecule is CNCCCCCCNC(=O)CNN[C@@H](CC(C)C)C(=O)C(=O)CNC(=O)CN. The lowest BCUT2D eigenvalue weighted by atomic mass is 9.98. The van der Waals surface area contributed by atoms with Crippen molar-refractivity contribution < 1.29 is 19.2 Å². The Hall–Kier alpha value is -1.88. The summed E-state index contributed by atoms with van der Waals surface area (Å²) < 4.78 is 0. The van der Waals surface area contributed by atoms with Crippen LogP contribution in [-0.4, -0.2) is 69.2 Å². The summed E-state index contributed by atoms with van der Waals surface area (Å²) in [4.78, 5) is 47.3. The van der Waals surface area contributed by atoms with E-state index in [-0.39, 0.29) is 31.5 Å². The molecule has 10 nitrogen and oxygen atoms in total. The summed E-state index contributed by atoms with van der Waals surface area (Å²) in [6, 6.07) is -0.780. The predicted octanol–water partition coefficient (Wildman–Crippen LogP) is -1.40. The number of hydrazine groups is 1. The normalized spacial score (nSPS) is 11.9. The molecule has 0 rings (SSSR count). The van der Waals surface area contributed by atoms with Gasteiger partial charge < -0.3 is 21.7 Å². The Kier molecular flexibility index (Phi) is 15.9. The minimum atomic E-state index is -0.780. The van der Waals surface area contributed by atoms with Crippen LogP contribution in [0.25, 0.3) is 0 Å². The smallest absolute Gasteiger partial charge is 0.235 e. The van der Waals surface area contributed by atoms with E-state index in [0.29, 0.717) is 13.0 Å². The first kappa shape index (κ1) is 27.1. The second-order valence-corrected chi connectivity index (χ2v) is 7.32. The highest BCUT2D eigenvalue weighted by atomic mass is 16.2. The Bertz CT molecular complexity index is 513. The number of Topliss-reactive ketones (excluding diaryl/α,β-unsaturated/α-hetero) is 2. The van der Waals surface area contributed by atoms with Crippen LogP contribution >= 0.6 is 0 Å². The maximum atomic E-state index is 12.3. The zero-order chi connectivity index (χ0) is 22.1. The molecule has 0 aliphatic rings. The number of hydrogen-bond acceptors (Lipinski definition) is 8.